The van der Waals surface area contributed by atoms with Crippen molar-refractivity contribution in [1.82, 2.24) is 4.90 Å². The number of nitrogens with zero attached hydrogens (tertiary/aromatic N) is 2. The summed E-state index contributed by atoms with van der Waals surface area (Å²) in [6.07, 6.45) is 2.21. The normalized spacial score (nSPS) is 18.6. The van der Waals surface area contributed by atoms with Crippen LogP contribution in [-0.2, 0) is 9.53 Å². The highest BCUT2D eigenvalue weighted by Gasteiger charge is 2.22. The van der Waals surface area contributed by atoms with Crippen LogP contribution in [0.2, 0.25) is 0 Å². The zero-order valence-electron chi connectivity index (χ0n) is 9.56. The van der Waals surface area contributed by atoms with Gasteiger partial charge in [-0.3, -0.25) is 4.79 Å². The van der Waals surface area contributed by atoms with Crippen LogP contribution >= 0.6 is 0 Å². The van der Waals surface area contributed by atoms with Gasteiger partial charge in [0.05, 0.1) is 6.61 Å². The molecule has 1 aliphatic heterocycles. The van der Waals surface area contributed by atoms with E-state index in [0.29, 0.717) is 18.9 Å². The lowest BCUT2D eigenvalue weighted by atomic mass is 9.94. The van der Waals surface area contributed by atoms with Gasteiger partial charge in [-0.15, -0.1) is 0 Å². The number of oxime groups is 1. The Hall–Kier alpha value is -1.46. The molecular weight excluding hydrogens is 210 g/mol. The van der Waals surface area contributed by atoms with Crippen molar-refractivity contribution >= 4 is 11.9 Å². The van der Waals surface area contributed by atoms with Crippen LogP contribution in [0.1, 0.15) is 26.2 Å². The molecule has 0 aliphatic carbocycles. The van der Waals surface area contributed by atoms with Crippen LogP contribution in [0.25, 0.3) is 0 Å². The van der Waals surface area contributed by atoms with Crippen LogP contribution in [0.5, 0.6) is 0 Å². The largest absolute Gasteiger partial charge is 0.466 e. The predicted octanol–water partition coefficient (Wildman–Crippen LogP) is 0.355. The maximum absolute atomic E-state index is 11.3. The third kappa shape index (κ3) is 3.60. The lowest BCUT2D eigenvalue weighted by Gasteiger charge is -2.31. The summed E-state index contributed by atoms with van der Waals surface area (Å²) in [5.74, 6) is 0.362. The van der Waals surface area contributed by atoms with Gasteiger partial charge < -0.3 is 20.6 Å². The van der Waals surface area contributed by atoms with Gasteiger partial charge >= 0.3 is 5.97 Å². The van der Waals surface area contributed by atoms with E-state index in [1.165, 1.54) is 0 Å². The molecule has 1 heterocycles. The van der Waals surface area contributed by atoms with Gasteiger partial charge in [0.1, 0.15) is 0 Å². The van der Waals surface area contributed by atoms with Crippen LogP contribution in [0.4, 0.5) is 0 Å². The minimum atomic E-state index is -0.134. The second kappa shape index (κ2) is 6.19. The smallest absolute Gasteiger partial charge is 0.306 e. The van der Waals surface area contributed by atoms with Crippen LogP contribution < -0.4 is 5.73 Å². The number of hydrogen-bond acceptors (Lipinski definition) is 4. The van der Waals surface area contributed by atoms with Crippen molar-refractivity contribution in [3.63, 3.8) is 0 Å². The highest BCUT2D eigenvalue weighted by atomic mass is 16.5. The number of esters is 1. The molecule has 1 saturated heterocycles. The first kappa shape index (κ1) is 12.6. The zero-order valence-corrected chi connectivity index (χ0v) is 9.56. The van der Waals surface area contributed by atoms with Crippen molar-refractivity contribution in [1.29, 1.82) is 0 Å². The molecule has 0 saturated carbocycles. The summed E-state index contributed by atoms with van der Waals surface area (Å²) in [6.45, 7) is 3.68. The van der Waals surface area contributed by atoms with Gasteiger partial charge in [-0.2, -0.15) is 0 Å². The molecule has 1 aliphatic rings. The molecule has 0 aromatic heterocycles. The Bertz CT molecular complexity index is 260. The fourth-order valence-electron chi connectivity index (χ4n) is 1.89. The van der Waals surface area contributed by atoms with E-state index in [2.05, 4.69) is 5.16 Å². The minimum Gasteiger partial charge on any atom is -0.466 e. The first-order chi connectivity index (χ1) is 7.67. The van der Waals surface area contributed by atoms with Crippen molar-refractivity contribution in [2.75, 3.05) is 19.7 Å². The first-order valence-electron chi connectivity index (χ1n) is 5.55. The summed E-state index contributed by atoms with van der Waals surface area (Å²) in [7, 11) is 0. The average molecular weight is 229 g/mol. The third-order valence-electron chi connectivity index (χ3n) is 2.80. The topological polar surface area (TPSA) is 88.2 Å². The predicted molar refractivity (Wildman–Crippen MR) is 59.0 cm³/mol. The van der Waals surface area contributed by atoms with Crippen LogP contribution in [0.3, 0.4) is 0 Å². The fourth-order valence-corrected chi connectivity index (χ4v) is 1.89. The minimum absolute atomic E-state index is 0.134. The van der Waals surface area contributed by atoms with Crippen molar-refractivity contribution < 1.29 is 14.7 Å². The zero-order chi connectivity index (χ0) is 12.0. The molecule has 0 bridgehead atoms. The van der Waals surface area contributed by atoms with Gasteiger partial charge in [0.15, 0.2) is 0 Å². The number of piperidine rings is 1. The van der Waals surface area contributed by atoms with E-state index in [1.54, 1.807) is 6.92 Å². The molecule has 92 valence electrons. The number of hydrogen-bond donors (Lipinski definition) is 2. The Balaban J connectivity index is 2.29. The highest BCUT2D eigenvalue weighted by molar-refractivity contribution is 5.77. The molecule has 1 fully saturated rings. The molecular formula is C10H19N3O3. The molecule has 16 heavy (non-hydrogen) atoms. The van der Waals surface area contributed by atoms with Gasteiger partial charge in [0, 0.05) is 19.5 Å². The van der Waals surface area contributed by atoms with Gasteiger partial charge in [-0.25, -0.2) is 0 Å². The second-order valence-corrected chi connectivity index (χ2v) is 3.90. The van der Waals surface area contributed by atoms with Crippen LogP contribution in [0, 0.1) is 5.92 Å². The number of guanidine groups is 1. The summed E-state index contributed by atoms with van der Waals surface area (Å²) in [6, 6.07) is 0. The summed E-state index contributed by atoms with van der Waals surface area (Å²) >= 11 is 0. The van der Waals surface area contributed by atoms with Gasteiger partial charge in [0.2, 0.25) is 5.96 Å². The van der Waals surface area contributed by atoms with E-state index < -0.39 is 0 Å². The molecule has 0 unspecified atom stereocenters. The fraction of sp³-hybridized carbons (Fsp3) is 0.800. The second-order valence-electron chi connectivity index (χ2n) is 3.90. The SMILES string of the molecule is CCOC(=O)CC1CCN(C(N)=NO)CC1. The van der Waals surface area contributed by atoms with E-state index in [9.17, 15) is 4.79 Å². The van der Waals surface area contributed by atoms with Crippen molar-refractivity contribution in [3.05, 3.63) is 0 Å². The van der Waals surface area contributed by atoms with Crippen molar-refractivity contribution in [2.45, 2.75) is 26.2 Å². The number of rotatable bonds is 3. The Morgan fingerprint density at radius 2 is 2.19 bits per heavy atom. The number of likely N-dealkylation sites (tertiary alicyclic amines) is 1. The lowest BCUT2D eigenvalue weighted by Crippen LogP contribution is -2.43. The quantitative estimate of drug-likeness (QED) is 0.240. The molecule has 6 heteroatoms. The number of ether oxygens (including phenoxy) is 1. The van der Waals surface area contributed by atoms with E-state index >= 15 is 0 Å². The summed E-state index contributed by atoms with van der Waals surface area (Å²) in [4.78, 5) is 13.1. The number of carbonyl (C=O) groups excluding carboxylic acids is 1. The summed E-state index contributed by atoms with van der Waals surface area (Å²) in [5.41, 5.74) is 5.48. The van der Waals surface area contributed by atoms with E-state index in [4.69, 9.17) is 15.7 Å². The lowest BCUT2D eigenvalue weighted by molar-refractivity contribution is -0.144. The summed E-state index contributed by atoms with van der Waals surface area (Å²) < 4.78 is 4.90. The Morgan fingerprint density at radius 3 is 2.69 bits per heavy atom. The standard InChI is InChI=1S/C10H19N3O3/c1-2-16-9(14)7-8-3-5-13(6-4-8)10(11)12-15/h8,15H,2-7H2,1H3,(H2,11,12). The van der Waals surface area contributed by atoms with Crippen LogP contribution in [-0.4, -0.2) is 41.7 Å². The molecule has 0 radical (unpaired) electrons. The monoisotopic (exact) mass is 229 g/mol. The molecule has 6 nitrogen and oxygen atoms in total. The Kier molecular flexibility index (Phi) is 4.88. The molecule has 0 atom stereocenters. The van der Waals surface area contributed by atoms with E-state index in [-0.39, 0.29) is 11.9 Å². The summed E-state index contributed by atoms with van der Waals surface area (Å²) in [5, 5.41) is 11.5. The van der Waals surface area contributed by atoms with Crippen molar-refractivity contribution in [2.24, 2.45) is 16.8 Å². The molecule has 0 spiro atoms. The molecule has 0 amide bonds. The maximum Gasteiger partial charge on any atom is 0.306 e. The van der Waals surface area contributed by atoms with E-state index in [1.807, 2.05) is 4.90 Å². The number of carbonyl (C=O) groups is 1. The van der Waals surface area contributed by atoms with Gasteiger partial charge in [-0.1, -0.05) is 5.16 Å². The molecule has 1 rings (SSSR count). The Labute approximate surface area is 95.0 Å². The van der Waals surface area contributed by atoms with Gasteiger partial charge in [0.25, 0.3) is 0 Å². The van der Waals surface area contributed by atoms with Crippen molar-refractivity contribution in [3.8, 4) is 0 Å². The maximum atomic E-state index is 11.3. The Morgan fingerprint density at radius 1 is 1.56 bits per heavy atom. The third-order valence-corrected chi connectivity index (χ3v) is 2.80. The number of nitrogens with two attached hydrogens (primary N) is 1. The molecule has 3 N–H and O–H groups in total. The molecule has 0 aromatic rings. The molecule has 0 aromatic carbocycles. The van der Waals surface area contributed by atoms with Crippen LogP contribution in [0.15, 0.2) is 5.16 Å². The highest BCUT2D eigenvalue weighted by Crippen LogP contribution is 2.20. The van der Waals surface area contributed by atoms with E-state index in [0.717, 1.165) is 25.9 Å². The average Bonchev–Trinajstić information content (AvgIpc) is 2.29. The first-order valence-corrected chi connectivity index (χ1v) is 5.55. The van der Waals surface area contributed by atoms with Gasteiger partial charge in [-0.05, 0) is 25.7 Å².